The van der Waals surface area contributed by atoms with Gasteiger partial charge in [0.2, 0.25) is 0 Å². The number of aliphatic hydroxyl groups excluding tert-OH is 1. The van der Waals surface area contributed by atoms with Crippen LogP contribution in [0.5, 0.6) is 5.75 Å². The average Bonchev–Trinajstić information content (AvgIpc) is 2.80. The quantitative estimate of drug-likeness (QED) is 0.804. The summed E-state index contributed by atoms with van der Waals surface area (Å²) in [4.78, 5) is 0. The van der Waals surface area contributed by atoms with Gasteiger partial charge in [-0.05, 0) is 30.9 Å². The predicted molar refractivity (Wildman–Crippen MR) is 70.7 cm³/mol. The normalized spacial score (nSPS) is 20.4. The van der Waals surface area contributed by atoms with Gasteiger partial charge < -0.3 is 15.9 Å². The van der Waals surface area contributed by atoms with Gasteiger partial charge in [-0.15, -0.1) is 0 Å². The van der Waals surface area contributed by atoms with Crippen LogP contribution in [0.2, 0.25) is 0 Å². The maximum absolute atomic E-state index is 10.2. The Hall–Kier alpha value is -0.580. The number of benzene rings is 1. The number of phenolic OH excluding ortho intramolecular Hbond substituents is 1. The molecule has 2 atom stereocenters. The van der Waals surface area contributed by atoms with Gasteiger partial charge in [-0.3, -0.25) is 0 Å². The lowest BCUT2D eigenvalue weighted by atomic mass is 9.90. The Morgan fingerprint density at radius 3 is 2.53 bits per heavy atom. The van der Waals surface area contributed by atoms with E-state index in [1.165, 1.54) is 12.8 Å². The molecule has 1 aromatic rings. The van der Waals surface area contributed by atoms with Crippen LogP contribution in [0.3, 0.4) is 0 Å². The molecular weight excluding hydrogens is 282 g/mol. The van der Waals surface area contributed by atoms with E-state index in [0.29, 0.717) is 5.56 Å². The van der Waals surface area contributed by atoms with Crippen LogP contribution < -0.4 is 5.73 Å². The van der Waals surface area contributed by atoms with E-state index in [0.717, 1.165) is 17.3 Å². The van der Waals surface area contributed by atoms with Crippen molar-refractivity contribution < 1.29 is 10.2 Å². The van der Waals surface area contributed by atoms with Crippen molar-refractivity contribution in [3.05, 3.63) is 28.2 Å². The molecule has 0 amide bonds. The zero-order valence-corrected chi connectivity index (χ0v) is 11.2. The largest absolute Gasteiger partial charge is 0.508 e. The molecule has 2 rings (SSSR count). The molecule has 3 nitrogen and oxygen atoms in total. The lowest BCUT2D eigenvalue weighted by molar-refractivity contribution is 0.0836. The van der Waals surface area contributed by atoms with Gasteiger partial charge in [0.05, 0.1) is 12.1 Å². The number of hydrogen-bond acceptors (Lipinski definition) is 3. The summed E-state index contributed by atoms with van der Waals surface area (Å²) >= 11 is 3.29. The highest BCUT2D eigenvalue weighted by molar-refractivity contribution is 9.10. The van der Waals surface area contributed by atoms with Crippen molar-refractivity contribution in [3.63, 3.8) is 0 Å². The van der Waals surface area contributed by atoms with E-state index >= 15 is 0 Å². The molecule has 0 aliphatic heterocycles. The van der Waals surface area contributed by atoms with Crippen molar-refractivity contribution in [1.82, 2.24) is 0 Å². The lowest BCUT2D eigenvalue weighted by Gasteiger charge is -2.25. The fraction of sp³-hybridized carbons (Fsp3) is 0.538. The topological polar surface area (TPSA) is 66.5 Å². The molecule has 4 N–H and O–H groups in total. The van der Waals surface area contributed by atoms with Gasteiger partial charge in [-0.2, -0.15) is 0 Å². The van der Waals surface area contributed by atoms with E-state index in [2.05, 4.69) is 15.9 Å². The van der Waals surface area contributed by atoms with E-state index in [9.17, 15) is 10.2 Å². The molecule has 1 aliphatic rings. The molecule has 94 valence electrons. The Labute approximate surface area is 110 Å². The predicted octanol–water partition coefficient (Wildman–Crippen LogP) is 2.71. The Morgan fingerprint density at radius 1 is 1.29 bits per heavy atom. The maximum Gasteiger partial charge on any atom is 0.121 e. The number of aliphatic hydroxyl groups is 1. The van der Waals surface area contributed by atoms with Gasteiger partial charge in [-0.25, -0.2) is 0 Å². The van der Waals surface area contributed by atoms with Gasteiger partial charge in [0.25, 0.3) is 0 Å². The molecule has 0 radical (unpaired) electrons. The second kappa shape index (κ2) is 5.38. The van der Waals surface area contributed by atoms with Gasteiger partial charge in [0, 0.05) is 10.0 Å². The Balaban J connectivity index is 2.15. The van der Waals surface area contributed by atoms with Gasteiger partial charge >= 0.3 is 0 Å². The summed E-state index contributed by atoms with van der Waals surface area (Å²) in [5.41, 5.74) is 6.66. The highest BCUT2D eigenvalue weighted by Gasteiger charge is 2.29. The Kier molecular flexibility index (Phi) is 4.07. The molecule has 1 aliphatic carbocycles. The molecule has 1 fully saturated rings. The van der Waals surface area contributed by atoms with Crippen LogP contribution in [0.4, 0.5) is 0 Å². The number of halogens is 1. The SMILES string of the molecule is N[C@H](c1ccc(Br)cc1O)[C@@H](O)C1CCCC1. The van der Waals surface area contributed by atoms with Crippen LogP contribution in [0, 0.1) is 5.92 Å². The van der Waals surface area contributed by atoms with Crippen LogP contribution in [0.25, 0.3) is 0 Å². The summed E-state index contributed by atoms with van der Waals surface area (Å²) in [5.74, 6) is 0.414. The third-order valence-corrected chi connectivity index (χ3v) is 4.10. The molecule has 0 unspecified atom stereocenters. The van der Waals surface area contributed by atoms with E-state index in [1.807, 2.05) is 6.07 Å². The molecule has 0 bridgehead atoms. The minimum absolute atomic E-state index is 0.143. The molecule has 17 heavy (non-hydrogen) atoms. The van der Waals surface area contributed by atoms with Gasteiger partial charge in [0.15, 0.2) is 0 Å². The summed E-state index contributed by atoms with van der Waals surface area (Å²) in [5, 5.41) is 20.0. The molecule has 0 spiro atoms. The van der Waals surface area contributed by atoms with Crippen molar-refractivity contribution in [2.24, 2.45) is 11.7 Å². The second-order valence-electron chi connectivity index (χ2n) is 4.76. The highest BCUT2D eigenvalue weighted by atomic mass is 79.9. The molecular formula is C13H18BrNO2. The van der Waals surface area contributed by atoms with Crippen molar-refractivity contribution >= 4 is 15.9 Å². The van der Waals surface area contributed by atoms with E-state index in [1.54, 1.807) is 12.1 Å². The van der Waals surface area contributed by atoms with Gasteiger partial charge in [0.1, 0.15) is 5.75 Å². The summed E-state index contributed by atoms with van der Waals surface area (Å²) in [6.45, 7) is 0. The fourth-order valence-corrected chi connectivity index (χ4v) is 2.92. The van der Waals surface area contributed by atoms with Gasteiger partial charge in [-0.1, -0.05) is 34.8 Å². The minimum atomic E-state index is -0.565. The van der Waals surface area contributed by atoms with Crippen LogP contribution in [0.15, 0.2) is 22.7 Å². The van der Waals surface area contributed by atoms with Crippen LogP contribution in [0.1, 0.15) is 37.3 Å². The van der Waals surface area contributed by atoms with Crippen molar-refractivity contribution in [2.75, 3.05) is 0 Å². The minimum Gasteiger partial charge on any atom is -0.508 e. The van der Waals surface area contributed by atoms with Crippen molar-refractivity contribution in [2.45, 2.75) is 37.8 Å². The fourth-order valence-electron chi connectivity index (χ4n) is 2.57. The molecule has 0 aromatic heterocycles. The molecule has 1 aromatic carbocycles. The van der Waals surface area contributed by atoms with Crippen molar-refractivity contribution in [1.29, 1.82) is 0 Å². The third-order valence-electron chi connectivity index (χ3n) is 3.60. The van der Waals surface area contributed by atoms with E-state index < -0.39 is 12.1 Å². The van der Waals surface area contributed by atoms with Crippen LogP contribution in [-0.2, 0) is 0 Å². The molecule has 0 heterocycles. The van der Waals surface area contributed by atoms with Crippen LogP contribution >= 0.6 is 15.9 Å². The van der Waals surface area contributed by atoms with Crippen molar-refractivity contribution in [3.8, 4) is 5.75 Å². The summed E-state index contributed by atoms with van der Waals surface area (Å²) in [6.07, 6.45) is 3.84. The number of nitrogens with two attached hydrogens (primary N) is 1. The molecule has 1 saturated carbocycles. The highest BCUT2D eigenvalue weighted by Crippen LogP contribution is 2.35. The molecule has 0 saturated heterocycles. The second-order valence-corrected chi connectivity index (χ2v) is 5.68. The number of phenols is 1. The summed E-state index contributed by atoms with van der Waals surface area (Å²) in [7, 11) is 0. The summed E-state index contributed by atoms with van der Waals surface area (Å²) < 4.78 is 0.807. The lowest BCUT2D eigenvalue weighted by Crippen LogP contribution is -2.31. The Bertz CT molecular complexity index is 391. The zero-order chi connectivity index (χ0) is 12.4. The number of aromatic hydroxyl groups is 1. The maximum atomic E-state index is 10.2. The monoisotopic (exact) mass is 299 g/mol. The first-order valence-corrected chi connectivity index (χ1v) is 6.81. The first kappa shape index (κ1) is 12.9. The molecule has 4 heteroatoms. The zero-order valence-electron chi connectivity index (χ0n) is 9.64. The number of rotatable bonds is 3. The standard InChI is InChI=1S/C13H18BrNO2/c14-9-5-6-10(11(16)7-9)12(15)13(17)8-3-1-2-4-8/h5-8,12-13,16-17H,1-4,15H2/t12-,13+/m1/s1. The van der Waals surface area contributed by atoms with Crippen LogP contribution in [-0.4, -0.2) is 16.3 Å². The number of hydrogen-bond donors (Lipinski definition) is 3. The van der Waals surface area contributed by atoms with E-state index in [4.69, 9.17) is 5.73 Å². The third kappa shape index (κ3) is 2.81. The summed E-state index contributed by atoms with van der Waals surface area (Å²) in [6, 6.07) is 4.70. The first-order valence-electron chi connectivity index (χ1n) is 6.01. The smallest absolute Gasteiger partial charge is 0.121 e. The van der Waals surface area contributed by atoms with E-state index in [-0.39, 0.29) is 11.7 Å². The first-order chi connectivity index (χ1) is 8.09. The average molecular weight is 300 g/mol. The Morgan fingerprint density at radius 2 is 1.94 bits per heavy atom.